The monoisotopic (exact) mass is 169 g/mol. The predicted octanol–water partition coefficient (Wildman–Crippen LogP) is 1.42. The number of amides is 1. The van der Waals surface area contributed by atoms with E-state index in [1.54, 1.807) is 0 Å². The van der Waals surface area contributed by atoms with Crippen LogP contribution in [-0.4, -0.2) is 10.9 Å². The molecule has 60 valence electrons. The molecule has 1 rings (SSSR count). The second-order valence-electron chi connectivity index (χ2n) is 2.95. The molecule has 0 aliphatic carbocycles. The van der Waals surface area contributed by atoms with Gasteiger partial charge in [0.05, 0.1) is 5.92 Å². The molecular weight excluding hydrogens is 158 g/mol. The van der Waals surface area contributed by atoms with Crippen LogP contribution in [0.4, 0.5) is 0 Å². The Morgan fingerprint density at radius 3 is 2.27 bits per heavy atom. The van der Waals surface area contributed by atoms with Crippen LogP contribution in [0, 0.1) is 5.92 Å². The van der Waals surface area contributed by atoms with E-state index in [2.05, 4.69) is 5.32 Å². The van der Waals surface area contributed by atoms with Crippen LogP contribution in [0.15, 0.2) is 11.1 Å². The quantitative estimate of drug-likeness (QED) is 0.439. The summed E-state index contributed by atoms with van der Waals surface area (Å²) in [6, 6.07) is 0. The molecule has 1 amide bonds. The maximum Gasteiger partial charge on any atom is 0.232 e. The topological polar surface area (TPSA) is 29.1 Å². The molecule has 0 aromatic carbocycles. The Bertz CT molecular complexity index is 251. The molecule has 1 saturated heterocycles. The first-order valence-electron chi connectivity index (χ1n) is 3.56. The summed E-state index contributed by atoms with van der Waals surface area (Å²) in [5.74, 6) is -0.0429. The minimum absolute atomic E-state index is 0.0196. The van der Waals surface area contributed by atoms with Crippen molar-refractivity contribution in [3.63, 3.8) is 0 Å². The first-order chi connectivity index (χ1) is 5.04. The van der Waals surface area contributed by atoms with Crippen LogP contribution in [0.5, 0.6) is 0 Å². The van der Waals surface area contributed by atoms with Crippen molar-refractivity contribution in [2.75, 3.05) is 0 Å². The summed E-state index contributed by atoms with van der Waals surface area (Å²) in [7, 11) is 0. The molecule has 0 radical (unpaired) electrons. The molecule has 0 saturated carbocycles. The van der Waals surface area contributed by atoms with E-state index in [1.165, 1.54) is 0 Å². The van der Waals surface area contributed by atoms with Gasteiger partial charge < -0.3 is 5.32 Å². The molecule has 1 aliphatic heterocycles. The number of rotatable bonds is 0. The highest BCUT2D eigenvalue weighted by Crippen LogP contribution is 2.21. The van der Waals surface area contributed by atoms with Crippen molar-refractivity contribution >= 4 is 23.1 Å². The highest BCUT2D eigenvalue weighted by atomic mass is 32.1. The zero-order chi connectivity index (χ0) is 8.59. The fraction of sp³-hybridized carbons (Fsp3) is 0.500. The van der Waals surface area contributed by atoms with Gasteiger partial charge in [-0.2, -0.15) is 0 Å². The van der Waals surface area contributed by atoms with E-state index in [-0.39, 0.29) is 11.8 Å². The van der Waals surface area contributed by atoms with Crippen molar-refractivity contribution in [2.24, 2.45) is 5.92 Å². The molecule has 0 spiro atoms. The summed E-state index contributed by atoms with van der Waals surface area (Å²) in [6.45, 7) is 5.81. The van der Waals surface area contributed by atoms with Crippen LogP contribution in [0.3, 0.4) is 0 Å². The highest BCUT2D eigenvalue weighted by Gasteiger charge is 2.29. The van der Waals surface area contributed by atoms with Crippen molar-refractivity contribution in [1.82, 2.24) is 5.32 Å². The van der Waals surface area contributed by atoms with Gasteiger partial charge in [-0.1, -0.05) is 17.8 Å². The Morgan fingerprint density at radius 2 is 2.09 bits per heavy atom. The summed E-state index contributed by atoms with van der Waals surface area (Å²) in [4.78, 5) is 11.7. The first kappa shape index (κ1) is 8.40. The normalized spacial score (nSPS) is 23.9. The molecule has 1 unspecified atom stereocenters. The van der Waals surface area contributed by atoms with Gasteiger partial charge in [0.15, 0.2) is 0 Å². The Labute approximate surface area is 71.7 Å². The number of thiocarbonyl (C=S) groups is 1. The highest BCUT2D eigenvalue weighted by molar-refractivity contribution is 7.80. The number of allylic oxidation sites excluding steroid dienone is 1. The minimum Gasteiger partial charge on any atom is -0.316 e. The van der Waals surface area contributed by atoms with Gasteiger partial charge in [0.2, 0.25) is 5.91 Å². The van der Waals surface area contributed by atoms with Crippen molar-refractivity contribution in [3.05, 3.63) is 11.1 Å². The van der Waals surface area contributed by atoms with Crippen LogP contribution in [0.25, 0.3) is 0 Å². The van der Waals surface area contributed by atoms with Crippen molar-refractivity contribution in [3.8, 4) is 0 Å². The lowest BCUT2D eigenvalue weighted by Crippen LogP contribution is -2.19. The van der Waals surface area contributed by atoms with Crippen LogP contribution in [0.2, 0.25) is 0 Å². The van der Waals surface area contributed by atoms with Gasteiger partial charge in [-0.05, 0) is 26.3 Å². The molecule has 11 heavy (non-hydrogen) atoms. The van der Waals surface area contributed by atoms with E-state index in [9.17, 15) is 4.79 Å². The van der Waals surface area contributed by atoms with E-state index < -0.39 is 0 Å². The molecule has 0 aromatic rings. The lowest BCUT2D eigenvalue weighted by atomic mass is 10.0. The number of hydrogen-bond acceptors (Lipinski definition) is 2. The van der Waals surface area contributed by atoms with E-state index >= 15 is 0 Å². The number of carbonyl (C=O) groups is 1. The number of carbonyl (C=O) groups excluding carboxylic acids is 1. The van der Waals surface area contributed by atoms with Gasteiger partial charge >= 0.3 is 0 Å². The smallest absolute Gasteiger partial charge is 0.232 e. The number of nitrogens with one attached hydrogen (secondary N) is 1. The molecular formula is C8H11NOS. The van der Waals surface area contributed by atoms with Crippen LogP contribution >= 0.6 is 12.2 Å². The summed E-state index contributed by atoms with van der Waals surface area (Å²) < 4.78 is 0. The zero-order valence-electron chi connectivity index (χ0n) is 6.89. The van der Waals surface area contributed by atoms with Gasteiger partial charge in [0.25, 0.3) is 0 Å². The second-order valence-corrected chi connectivity index (χ2v) is 3.36. The van der Waals surface area contributed by atoms with Crippen LogP contribution in [-0.2, 0) is 4.79 Å². The molecule has 2 nitrogen and oxygen atoms in total. The molecule has 0 aromatic heterocycles. The van der Waals surface area contributed by atoms with Gasteiger partial charge in [-0.25, -0.2) is 0 Å². The fourth-order valence-corrected chi connectivity index (χ4v) is 1.76. The van der Waals surface area contributed by atoms with E-state index in [0.29, 0.717) is 4.99 Å². The fourth-order valence-electron chi connectivity index (χ4n) is 1.28. The maximum absolute atomic E-state index is 11.1. The van der Waals surface area contributed by atoms with Gasteiger partial charge in [0.1, 0.15) is 4.99 Å². The maximum atomic E-state index is 11.1. The predicted molar refractivity (Wildman–Crippen MR) is 48.3 cm³/mol. The van der Waals surface area contributed by atoms with Crippen molar-refractivity contribution < 1.29 is 4.79 Å². The summed E-state index contributed by atoms with van der Waals surface area (Å²) in [5.41, 5.74) is 2.12. The molecule has 1 fully saturated rings. The number of hydrogen-bond donors (Lipinski definition) is 1. The molecule has 1 heterocycles. The Balaban J connectivity index is 3.08. The van der Waals surface area contributed by atoms with E-state index in [1.807, 2.05) is 20.8 Å². The molecule has 1 aliphatic rings. The minimum atomic E-state index is -0.0625. The van der Waals surface area contributed by atoms with Crippen molar-refractivity contribution in [2.45, 2.75) is 20.8 Å². The third-order valence-corrected chi connectivity index (χ3v) is 2.17. The van der Waals surface area contributed by atoms with Gasteiger partial charge in [-0.15, -0.1) is 0 Å². The third kappa shape index (κ3) is 1.33. The van der Waals surface area contributed by atoms with Crippen LogP contribution < -0.4 is 5.32 Å². The summed E-state index contributed by atoms with van der Waals surface area (Å²) in [6.07, 6.45) is 0. The Kier molecular flexibility index (Phi) is 2.09. The summed E-state index contributed by atoms with van der Waals surface area (Å²) >= 11 is 4.98. The largest absolute Gasteiger partial charge is 0.316 e. The standard InChI is InChI=1S/C8H11NOS/c1-4(2)6-5(3)7(10)9-8(6)11/h5H,1-3H3,(H,9,10,11). The molecule has 1 atom stereocenters. The zero-order valence-corrected chi connectivity index (χ0v) is 7.71. The van der Waals surface area contributed by atoms with E-state index in [0.717, 1.165) is 11.1 Å². The van der Waals surface area contributed by atoms with Gasteiger partial charge in [-0.3, -0.25) is 4.79 Å². The average molecular weight is 169 g/mol. The SMILES string of the molecule is CC(C)=C1C(=S)NC(=O)C1C. The molecule has 3 heteroatoms. The molecule has 1 N–H and O–H groups in total. The first-order valence-corrected chi connectivity index (χ1v) is 3.97. The van der Waals surface area contributed by atoms with E-state index in [4.69, 9.17) is 12.2 Å². The molecule has 0 bridgehead atoms. The summed E-state index contributed by atoms with van der Waals surface area (Å²) in [5, 5.41) is 2.63. The average Bonchev–Trinajstić information content (AvgIpc) is 2.07. The lowest BCUT2D eigenvalue weighted by molar-refractivity contribution is -0.120. The third-order valence-electron chi connectivity index (χ3n) is 1.85. The lowest BCUT2D eigenvalue weighted by Gasteiger charge is -2.02. The Morgan fingerprint density at radius 1 is 1.55 bits per heavy atom. The second kappa shape index (κ2) is 2.74. The van der Waals surface area contributed by atoms with Crippen LogP contribution in [0.1, 0.15) is 20.8 Å². The Hall–Kier alpha value is -0.700. The van der Waals surface area contributed by atoms with Crippen molar-refractivity contribution in [1.29, 1.82) is 0 Å². The van der Waals surface area contributed by atoms with Gasteiger partial charge in [0, 0.05) is 0 Å².